The van der Waals surface area contributed by atoms with E-state index in [1.807, 2.05) is 26.0 Å². The molecule has 13 atom stereocenters. The van der Waals surface area contributed by atoms with E-state index in [0.29, 0.717) is 44.1 Å². The maximum atomic E-state index is 14.2. The molecule has 300 valence electrons. The Bertz CT molecular complexity index is 1360. The number of nitrogens with zero attached hydrogens (tertiary/aromatic N) is 1. The van der Waals surface area contributed by atoms with E-state index in [0.717, 1.165) is 24.8 Å². The molecule has 53 heavy (non-hydrogen) atoms. The van der Waals surface area contributed by atoms with Gasteiger partial charge in [0.15, 0.2) is 0 Å². The normalized spacial score (nSPS) is 41.8. The van der Waals surface area contributed by atoms with Crippen molar-refractivity contribution in [2.75, 3.05) is 13.7 Å². The average molecular weight is 746 g/mol. The molecule has 11 heteroatoms. The second-order valence-electron chi connectivity index (χ2n) is 17.1. The molecule has 3 heterocycles. The topological polar surface area (TPSA) is 160 Å². The molecule has 3 fully saturated rings. The number of cyclic esters (lactones) is 1. The standard InChI is InChI=1S/C42H67NO10/c1-9-31-19-25(3)18-24(2)13-15-32(44)23-35(46)29(7)37(27(5)21-30-14-16-34(45)36(22-30)51-8)52-41(49)33-12-10-11-17-43(33)40(48)39(47)42(50)28(6)20-26(4)38(31)53-42/h13,21,25-26,28-31,33-38,45-46,50H,9-12,14-20,22-23H2,1-8H3/b24-13+,27-21+/t25-,26-,28+,29+,30-,31-,33?,34+,35-,36+,37+,38-,42+/m0/s1. The van der Waals surface area contributed by atoms with Crippen molar-refractivity contribution in [1.29, 1.82) is 0 Å². The highest BCUT2D eigenvalue weighted by molar-refractivity contribution is 6.39. The van der Waals surface area contributed by atoms with Crippen LogP contribution < -0.4 is 0 Å². The first kappa shape index (κ1) is 43.3. The largest absolute Gasteiger partial charge is 0.456 e. The molecule has 3 aliphatic heterocycles. The monoisotopic (exact) mass is 745 g/mol. The Balaban J connectivity index is 1.71. The number of piperidine rings is 1. The van der Waals surface area contributed by atoms with Gasteiger partial charge >= 0.3 is 5.97 Å². The van der Waals surface area contributed by atoms with Gasteiger partial charge in [0.25, 0.3) is 11.7 Å². The quantitative estimate of drug-likeness (QED) is 0.191. The Labute approximate surface area is 316 Å². The first-order valence-electron chi connectivity index (χ1n) is 20.2. The van der Waals surface area contributed by atoms with Crippen molar-refractivity contribution >= 4 is 23.4 Å². The highest BCUT2D eigenvalue weighted by atomic mass is 16.6. The molecule has 1 aliphatic carbocycles. The fourth-order valence-electron chi connectivity index (χ4n) is 9.43. The molecule has 0 aromatic heterocycles. The highest BCUT2D eigenvalue weighted by Gasteiger charge is 2.55. The molecule has 1 saturated carbocycles. The summed E-state index contributed by atoms with van der Waals surface area (Å²) in [5.74, 6) is -6.19. The van der Waals surface area contributed by atoms with Crippen molar-refractivity contribution in [2.45, 2.75) is 168 Å². The number of Topliss-reactive ketones (excluding diaryl/α,β-unsaturated/α-hetero) is 2. The third-order valence-electron chi connectivity index (χ3n) is 12.7. The molecule has 1 unspecified atom stereocenters. The smallest absolute Gasteiger partial charge is 0.329 e. The predicted molar refractivity (Wildman–Crippen MR) is 200 cm³/mol. The number of hydrogen-bond donors (Lipinski definition) is 3. The lowest BCUT2D eigenvalue weighted by molar-refractivity contribution is -0.283. The van der Waals surface area contributed by atoms with E-state index in [2.05, 4.69) is 20.8 Å². The molecular formula is C42H67NO10. The van der Waals surface area contributed by atoms with Gasteiger partial charge in [-0.25, -0.2) is 4.79 Å². The first-order chi connectivity index (χ1) is 25.0. The number of hydrogen-bond acceptors (Lipinski definition) is 10. The summed E-state index contributed by atoms with van der Waals surface area (Å²) in [5.41, 5.74) is 1.75. The van der Waals surface area contributed by atoms with Crippen molar-refractivity contribution in [2.24, 2.45) is 35.5 Å². The summed E-state index contributed by atoms with van der Waals surface area (Å²) in [4.78, 5) is 56.9. The van der Waals surface area contributed by atoms with E-state index >= 15 is 0 Å². The Morgan fingerprint density at radius 1 is 1.00 bits per heavy atom. The highest BCUT2D eigenvalue weighted by Crippen LogP contribution is 2.42. The number of esters is 1. The maximum absolute atomic E-state index is 14.2. The zero-order chi connectivity index (χ0) is 39.2. The number of carbonyl (C=O) groups excluding carboxylic acids is 4. The van der Waals surface area contributed by atoms with Crippen molar-refractivity contribution in [3.05, 3.63) is 23.3 Å². The Hall–Kier alpha value is -2.44. The van der Waals surface area contributed by atoms with Crippen molar-refractivity contribution < 1.29 is 48.7 Å². The third-order valence-corrected chi connectivity index (χ3v) is 12.7. The molecule has 4 rings (SSSR count). The van der Waals surface area contributed by atoms with Gasteiger partial charge in [0.1, 0.15) is 17.9 Å². The zero-order valence-corrected chi connectivity index (χ0v) is 33.4. The summed E-state index contributed by atoms with van der Waals surface area (Å²) in [5, 5.41) is 33.8. The van der Waals surface area contributed by atoms with Gasteiger partial charge in [0.05, 0.1) is 24.4 Å². The SMILES string of the molecule is CC[C@H]1C[C@@H](C)C/C(C)=C/CC(=O)C[C@H](O)[C@@H](C)[C@@H](/C(C)=C/[C@@H]2CC[C@@H](O)[C@H](OC)C2)OC(=O)C2CCCCN2C(=O)C(=O)[C@]2(O)O[C@H]1[C@@H](C)C[C@H]2C. The van der Waals surface area contributed by atoms with Crippen LogP contribution in [0.4, 0.5) is 0 Å². The van der Waals surface area contributed by atoms with Crippen molar-refractivity contribution in [1.82, 2.24) is 4.90 Å². The Morgan fingerprint density at radius 3 is 2.40 bits per heavy atom. The van der Waals surface area contributed by atoms with E-state index in [4.69, 9.17) is 14.2 Å². The van der Waals surface area contributed by atoms with Crippen LogP contribution in [0.5, 0.6) is 0 Å². The minimum atomic E-state index is -2.33. The number of methoxy groups -OCH3 is 1. The lowest BCUT2D eigenvalue weighted by atomic mass is 9.75. The molecule has 3 N–H and O–H groups in total. The van der Waals surface area contributed by atoms with Crippen LogP contribution in [0.25, 0.3) is 0 Å². The summed E-state index contributed by atoms with van der Waals surface area (Å²) in [6.45, 7) is 13.7. The van der Waals surface area contributed by atoms with E-state index in [-0.39, 0.29) is 61.4 Å². The van der Waals surface area contributed by atoms with Gasteiger partial charge < -0.3 is 34.4 Å². The third kappa shape index (κ3) is 10.5. The summed E-state index contributed by atoms with van der Waals surface area (Å²) >= 11 is 0. The van der Waals surface area contributed by atoms with E-state index in [1.54, 1.807) is 21.0 Å². The number of ketones is 2. The van der Waals surface area contributed by atoms with Gasteiger partial charge in [-0.2, -0.15) is 0 Å². The summed E-state index contributed by atoms with van der Waals surface area (Å²) in [7, 11) is 1.57. The summed E-state index contributed by atoms with van der Waals surface area (Å²) in [6, 6.07) is -1.08. The van der Waals surface area contributed by atoms with E-state index < -0.39 is 65.7 Å². The molecule has 0 radical (unpaired) electrons. The second kappa shape index (κ2) is 18.9. The number of aliphatic hydroxyl groups is 3. The second-order valence-corrected chi connectivity index (χ2v) is 17.1. The molecule has 0 aromatic rings. The zero-order valence-electron chi connectivity index (χ0n) is 33.4. The van der Waals surface area contributed by atoms with Crippen LogP contribution in [0.15, 0.2) is 23.3 Å². The minimum Gasteiger partial charge on any atom is -0.456 e. The minimum absolute atomic E-state index is 0.0205. The van der Waals surface area contributed by atoms with Crippen LogP contribution >= 0.6 is 0 Å². The molecule has 1 amide bonds. The molecular weight excluding hydrogens is 678 g/mol. The van der Waals surface area contributed by atoms with Crippen LogP contribution in [0.3, 0.4) is 0 Å². The Kier molecular flexibility index (Phi) is 15.5. The average Bonchev–Trinajstić information content (AvgIpc) is 3.12. The molecule has 2 saturated heterocycles. The number of allylic oxidation sites excluding steroid dienone is 3. The van der Waals surface area contributed by atoms with E-state index in [1.165, 1.54) is 4.90 Å². The lowest BCUT2D eigenvalue weighted by Gasteiger charge is -2.47. The van der Waals surface area contributed by atoms with Gasteiger partial charge in [-0.15, -0.1) is 0 Å². The predicted octanol–water partition coefficient (Wildman–Crippen LogP) is 5.47. The van der Waals surface area contributed by atoms with Gasteiger partial charge in [0.2, 0.25) is 5.79 Å². The van der Waals surface area contributed by atoms with Crippen LogP contribution in [-0.4, -0.2) is 99.7 Å². The summed E-state index contributed by atoms with van der Waals surface area (Å²) in [6.07, 6.45) is 6.68. The number of ether oxygens (including phenoxy) is 3. The van der Waals surface area contributed by atoms with Crippen LogP contribution in [0.2, 0.25) is 0 Å². The molecule has 4 aliphatic rings. The van der Waals surface area contributed by atoms with Gasteiger partial charge in [-0.05, 0) is 101 Å². The van der Waals surface area contributed by atoms with Crippen LogP contribution in [-0.2, 0) is 33.4 Å². The number of fused-ring (bicyclic) bond motifs is 3. The number of aliphatic hydroxyl groups excluding tert-OH is 2. The molecule has 0 aromatic carbocycles. The lowest BCUT2D eigenvalue weighted by Crippen LogP contribution is -2.62. The number of amides is 1. The fraction of sp³-hybridized carbons (Fsp3) is 0.810. The molecule has 11 nitrogen and oxygen atoms in total. The van der Waals surface area contributed by atoms with Crippen LogP contribution in [0, 0.1) is 35.5 Å². The Morgan fingerprint density at radius 2 is 1.72 bits per heavy atom. The first-order valence-corrected chi connectivity index (χ1v) is 20.2. The van der Waals surface area contributed by atoms with Crippen molar-refractivity contribution in [3.63, 3.8) is 0 Å². The number of carbonyl (C=O) groups is 4. The van der Waals surface area contributed by atoms with Gasteiger partial charge in [-0.1, -0.05) is 58.8 Å². The molecule has 2 bridgehead atoms. The van der Waals surface area contributed by atoms with Gasteiger partial charge in [-0.3, -0.25) is 14.4 Å². The van der Waals surface area contributed by atoms with Crippen LogP contribution in [0.1, 0.15) is 126 Å². The van der Waals surface area contributed by atoms with E-state index in [9.17, 15) is 34.5 Å². The maximum Gasteiger partial charge on any atom is 0.329 e. The fourth-order valence-corrected chi connectivity index (χ4v) is 9.43. The molecule has 0 spiro atoms. The van der Waals surface area contributed by atoms with Crippen molar-refractivity contribution in [3.8, 4) is 0 Å². The number of rotatable bonds is 4. The van der Waals surface area contributed by atoms with Gasteiger partial charge in [0, 0.05) is 38.3 Å². The summed E-state index contributed by atoms with van der Waals surface area (Å²) < 4.78 is 18.1.